The third kappa shape index (κ3) is 3.31. The van der Waals surface area contributed by atoms with E-state index in [-0.39, 0.29) is 4.90 Å². The highest BCUT2D eigenvalue weighted by Crippen LogP contribution is 2.25. The third-order valence-corrected chi connectivity index (χ3v) is 5.84. The zero-order chi connectivity index (χ0) is 16.3. The molecule has 0 aromatic heterocycles. The fraction of sp³-hybridized carbons (Fsp3) is 0.533. The van der Waals surface area contributed by atoms with Gasteiger partial charge in [-0.2, -0.15) is 4.31 Å². The summed E-state index contributed by atoms with van der Waals surface area (Å²) in [7, 11) is -0.337. The van der Waals surface area contributed by atoms with Crippen LogP contribution in [0.3, 0.4) is 0 Å². The van der Waals surface area contributed by atoms with Gasteiger partial charge in [0.1, 0.15) is 0 Å². The largest absolute Gasteiger partial charge is 0.465 e. The topological polar surface area (TPSA) is 75.7 Å². The van der Waals surface area contributed by atoms with Crippen molar-refractivity contribution in [2.45, 2.75) is 18.2 Å². The third-order valence-electron chi connectivity index (χ3n) is 3.98. The zero-order valence-corrected chi connectivity index (χ0v) is 13.9. The molecule has 2 rings (SSSR count). The SMILES string of the molecule is CNCC1CCN(S(=O)(=O)c2ccc(C(=O)OC)c(C)c2)C1. The molecule has 0 bridgehead atoms. The van der Waals surface area contributed by atoms with Crippen molar-refractivity contribution < 1.29 is 17.9 Å². The maximum Gasteiger partial charge on any atom is 0.338 e. The lowest BCUT2D eigenvalue weighted by molar-refractivity contribution is 0.0600. The van der Waals surface area contributed by atoms with Crippen molar-refractivity contribution in [3.05, 3.63) is 29.3 Å². The first-order chi connectivity index (χ1) is 10.4. The number of ether oxygens (including phenoxy) is 1. The molecule has 0 amide bonds. The molecular weight excluding hydrogens is 304 g/mol. The van der Waals surface area contributed by atoms with Crippen LogP contribution in [0.25, 0.3) is 0 Å². The van der Waals surface area contributed by atoms with Gasteiger partial charge in [-0.15, -0.1) is 0 Å². The Balaban J connectivity index is 2.24. The molecule has 1 aromatic carbocycles. The number of carbonyl (C=O) groups is 1. The summed E-state index contributed by atoms with van der Waals surface area (Å²) in [6.07, 6.45) is 0.860. The molecule has 7 heteroatoms. The Bertz CT molecular complexity index is 658. The van der Waals surface area contributed by atoms with Crippen LogP contribution in [-0.4, -0.2) is 52.5 Å². The van der Waals surface area contributed by atoms with Crippen LogP contribution in [0.1, 0.15) is 22.3 Å². The summed E-state index contributed by atoms with van der Waals surface area (Å²) in [5, 5.41) is 3.08. The number of hydrogen-bond donors (Lipinski definition) is 1. The van der Waals surface area contributed by atoms with Crippen molar-refractivity contribution in [2.75, 3.05) is 33.8 Å². The molecule has 1 aliphatic heterocycles. The van der Waals surface area contributed by atoms with Crippen molar-refractivity contribution in [3.63, 3.8) is 0 Å². The average Bonchev–Trinajstić information content (AvgIpc) is 2.96. The molecule has 1 heterocycles. The number of rotatable bonds is 5. The number of esters is 1. The number of hydrogen-bond acceptors (Lipinski definition) is 5. The summed E-state index contributed by atoms with van der Waals surface area (Å²) in [5.74, 6) is -0.119. The molecule has 0 radical (unpaired) electrons. The molecule has 122 valence electrons. The van der Waals surface area contributed by atoms with E-state index >= 15 is 0 Å². The summed E-state index contributed by atoms with van der Waals surface area (Å²) in [4.78, 5) is 11.8. The van der Waals surface area contributed by atoms with E-state index in [0.717, 1.165) is 13.0 Å². The van der Waals surface area contributed by atoms with E-state index < -0.39 is 16.0 Å². The zero-order valence-electron chi connectivity index (χ0n) is 13.1. The lowest BCUT2D eigenvalue weighted by atomic mass is 10.1. The normalized spacial score (nSPS) is 19.3. The van der Waals surface area contributed by atoms with Crippen LogP contribution in [0.15, 0.2) is 23.1 Å². The monoisotopic (exact) mass is 326 g/mol. The molecule has 0 aliphatic carbocycles. The Morgan fingerprint density at radius 1 is 1.45 bits per heavy atom. The molecule has 1 fully saturated rings. The van der Waals surface area contributed by atoms with Gasteiger partial charge in [0, 0.05) is 13.1 Å². The van der Waals surface area contributed by atoms with Crippen LogP contribution < -0.4 is 5.32 Å². The van der Waals surface area contributed by atoms with Gasteiger partial charge in [-0.1, -0.05) is 0 Å². The fourth-order valence-corrected chi connectivity index (χ4v) is 4.37. The summed E-state index contributed by atoms with van der Waals surface area (Å²) in [6.45, 7) is 3.58. The Labute approximate surface area is 131 Å². The number of benzene rings is 1. The van der Waals surface area contributed by atoms with Crippen molar-refractivity contribution >= 4 is 16.0 Å². The first-order valence-corrected chi connectivity index (χ1v) is 8.68. The molecular formula is C15H22N2O4S. The maximum absolute atomic E-state index is 12.7. The minimum absolute atomic E-state index is 0.225. The number of carbonyl (C=O) groups excluding carboxylic acids is 1. The van der Waals surface area contributed by atoms with Crippen LogP contribution in [0.5, 0.6) is 0 Å². The average molecular weight is 326 g/mol. The maximum atomic E-state index is 12.7. The van der Waals surface area contributed by atoms with Crippen LogP contribution in [-0.2, 0) is 14.8 Å². The van der Waals surface area contributed by atoms with Gasteiger partial charge in [0.25, 0.3) is 0 Å². The van der Waals surface area contributed by atoms with E-state index in [2.05, 4.69) is 10.1 Å². The second kappa shape index (κ2) is 6.76. The Morgan fingerprint density at radius 2 is 2.18 bits per heavy atom. The quantitative estimate of drug-likeness (QED) is 0.818. The van der Waals surface area contributed by atoms with E-state index in [0.29, 0.717) is 30.1 Å². The minimum atomic E-state index is -3.51. The van der Waals surface area contributed by atoms with Gasteiger partial charge >= 0.3 is 5.97 Å². The second-order valence-electron chi connectivity index (χ2n) is 5.54. The van der Waals surface area contributed by atoms with Gasteiger partial charge in [0.15, 0.2) is 0 Å². The van der Waals surface area contributed by atoms with Gasteiger partial charge in [-0.3, -0.25) is 0 Å². The molecule has 1 aromatic rings. The summed E-state index contributed by atoms with van der Waals surface area (Å²) < 4.78 is 31.5. The van der Waals surface area contributed by atoms with Crippen molar-refractivity contribution in [1.82, 2.24) is 9.62 Å². The van der Waals surface area contributed by atoms with Crippen LogP contribution >= 0.6 is 0 Å². The molecule has 0 saturated carbocycles. The highest BCUT2D eigenvalue weighted by atomic mass is 32.2. The number of aryl methyl sites for hydroxylation is 1. The molecule has 1 atom stereocenters. The fourth-order valence-electron chi connectivity index (χ4n) is 2.76. The molecule has 1 aliphatic rings. The predicted molar refractivity (Wildman–Crippen MR) is 83.3 cm³/mol. The van der Waals surface area contributed by atoms with Crippen LogP contribution in [0.2, 0.25) is 0 Å². The van der Waals surface area contributed by atoms with Crippen molar-refractivity contribution in [3.8, 4) is 0 Å². The molecule has 22 heavy (non-hydrogen) atoms. The van der Waals surface area contributed by atoms with Gasteiger partial charge in [0.05, 0.1) is 17.6 Å². The van der Waals surface area contributed by atoms with E-state index in [1.807, 2.05) is 7.05 Å². The number of nitrogens with one attached hydrogen (secondary N) is 1. The lowest BCUT2D eigenvalue weighted by Gasteiger charge is -2.17. The Kier molecular flexibility index (Phi) is 5.20. The highest BCUT2D eigenvalue weighted by Gasteiger charge is 2.32. The Hall–Kier alpha value is -1.44. The first kappa shape index (κ1) is 16.9. The summed E-state index contributed by atoms with van der Waals surface area (Å²) >= 11 is 0. The van der Waals surface area contributed by atoms with Crippen LogP contribution in [0.4, 0.5) is 0 Å². The van der Waals surface area contributed by atoms with Gasteiger partial charge in [0.2, 0.25) is 10.0 Å². The molecule has 0 spiro atoms. The number of sulfonamides is 1. The molecule has 1 unspecified atom stereocenters. The molecule has 1 N–H and O–H groups in total. The molecule has 6 nitrogen and oxygen atoms in total. The van der Waals surface area contributed by atoms with Gasteiger partial charge < -0.3 is 10.1 Å². The van der Waals surface area contributed by atoms with Crippen LogP contribution in [0, 0.1) is 12.8 Å². The standard InChI is InChI=1S/C15H22N2O4S/c1-11-8-13(4-5-14(11)15(18)21-3)22(19,20)17-7-6-12(10-17)9-16-2/h4-5,8,12,16H,6-7,9-10H2,1-3H3. The van der Waals surface area contributed by atoms with E-state index in [1.165, 1.54) is 29.6 Å². The number of nitrogens with zero attached hydrogens (tertiary/aromatic N) is 1. The highest BCUT2D eigenvalue weighted by molar-refractivity contribution is 7.89. The van der Waals surface area contributed by atoms with Gasteiger partial charge in [-0.25, -0.2) is 13.2 Å². The van der Waals surface area contributed by atoms with Gasteiger partial charge in [-0.05, 0) is 56.6 Å². The predicted octanol–water partition coefficient (Wildman–Crippen LogP) is 1.01. The van der Waals surface area contributed by atoms with E-state index in [9.17, 15) is 13.2 Å². The van der Waals surface area contributed by atoms with E-state index in [1.54, 1.807) is 6.92 Å². The minimum Gasteiger partial charge on any atom is -0.465 e. The Morgan fingerprint density at radius 3 is 2.77 bits per heavy atom. The van der Waals surface area contributed by atoms with E-state index in [4.69, 9.17) is 0 Å². The second-order valence-corrected chi connectivity index (χ2v) is 7.48. The summed E-state index contributed by atoms with van der Waals surface area (Å²) in [6, 6.07) is 4.52. The number of methoxy groups -OCH3 is 1. The lowest BCUT2D eigenvalue weighted by Crippen LogP contribution is -2.30. The summed E-state index contributed by atoms with van der Waals surface area (Å²) in [5.41, 5.74) is 0.981. The van der Waals surface area contributed by atoms with Crippen molar-refractivity contribution in [1.29, 1.82) is 0 Å². The van der Waals surface area contributed by atoms with Crippen molar-refractivity contribution in [2.24, 2.45) is 5.92 Å². The first-order valence-electron chi connectivity index (χ1n) is 7.24. The smallest absolute Gasteiger partial charge is 0.338 e. The molecule has 1 saturated heterocycles.